The van der Waals surface area contributed by atoms with Gasteiger partial charge in [-0.3, -0.25) is 0 Å². The Morgan fingerprint density at radius 3 is 3.12 bits per heavy atom. The molecule has 1 aliphatic rings. The fourth-order valence-corrected chi connectivity index (χ4v) is 1.51. The predicted octanol–water partition coefficient (Wildman–Crippen LogP) is 2.58. The highest BCUT2D eigenvalue weighted by Gasteiger charge is 2.15. The maximum absolute atomic E-state index is 11.4. The van der Waals surface area contributed by atoms with Crippen LogP contribution in [0.4, 0.5) is 0 Å². The van der Waals surface area contributed by atoms with E-state index in [1.807, 2.05) is 6.08 Å². The molecule has 0 radical (unpaired) electrons. The van der Waals surface area contributed by atoms with Crippen molar-refractivity contribution in [2.24, 2.45) is 0 Å². The number of allylic oxidation sites excluding steroid dienone is 4. The summed E-state index contributed by atoms with van der Waals surface area (Å²) in [5.41, 5.74) is 1.19. The molecule has 0 fully saturated rings. The first-order valence-electron chi connectivity index (χ1n) is 5.32. The molecule has 2 rings (SSSR count). The lowest BCUT2D eigenvalue weighted by Crippen LogP contribution is -2.04. The first-order valence-corrected chi connectivity index (χ1v) is 5.32. The average Bonchev–Trinajstić information content (AvgIpc) is 2.80. The highest BCUT2D eigenvalue weighted by atomic mass is 16.5. The van der Waals surface area contributed by atoms with Crippen molar-refractivity contribution < 1.29 is 14.1 Å². The van der Waals surface area contributed by atoms with E-state index in [9.17, 15) is 4.79 Å². The fourth-order valence-electron chi connectivity index (χ4n) is 1.51. The van der Waals surface area contributed by atoms with Crippen molar-refractivity contribution in [3.05, 3.63) is 35.7 Å². The Hall–Kier alpha value is -1.84. The van der Waals surface area contributed by atoms with Gasteiger partial charge < -0.3 is 9.26 Å². The lowest BCUT2D eigenvalue weighted by Gasteiger charge is -2.01. The van der Waals surface area contributed by atoms with Crippen molar-refractivity contribution in [3.63, 3.8) is 0 Å². The van der Waals surface area contributed by atoms with Crippen LogP contribution in [0.1, 0.15) is 36.0 Å². The zero-order valence-electron chi connectivity index (χ0n) is 9.10. The molecule has 16 heavy (non-hydrogen) atoms. The second-order valence-corrected chi connectivity index (χ2v) is 3.44. The van der Waals surface area contributed by atoms with Crippen molar-refractivity contribution >= 4 is 11.5 Å². The third kappa shape index (κ3) is 2.21. The summed E-state index contributed by atoms with van der Waals surface area (Å²) < 4.78 is 9.93. The molecule has 84 valence electrons. The summed E-state index contributed by atoms with van der Waals surface area (Å²) in [7, 11) is 0. The van der Waals surface area contributed by atoms with Gasteiger partial charge in [-0.25, -0.2) is 4.79 Å². The van der Waals surface area contributed by atoms with Gasteiger partial charge in [0.05, 0.1) is 6.61 Å². The summed E-state index contributed by atoms with van der Waals surface area (Å²) in [5, 5.41) is 3.69. The van der Waals surface area contributed by atoms with E-state index in [0.717, 1.165) is 18.4 Å². The number of esters is 1. The van der Waals surface area contributed by atoms with Crippen molar-refractivity contribution in [1.29, 1.82) is 0 Å². The van der Waals surface area contributed by atoms with Gasteiger partial charge in [0.25, 0.3) is 0 Å². The van der Waals surface area contributed by atoms with E-state index in [1.165, 1.54) is 0 Å². The number of aromatic nitrogens is 1. The maximum Gasteiger partial charge on any atom is 0.360 e. The zero-order valence-corrected chi connectivity index (χ0v) is 9.10. The standard InChI is InChI=1S/C12H13NO3/c1-2-15-12(14)10-8-11(16-13-10)9-6-4-3-5-7-9/h4,6-8H,2-3,5H2,1H3. The van der Waals surface area contributed by atoms with Gasteiger partial charge >= 0.3 is 5.97 Å². The van der Waals surface area contributed by atoms with E-state index < -0.39 is 5.97 Å². The average molecular weight is 219 g/mol. The normalized spacial score (nSPS) is 14.7. The molecule has 0 saturated carbocycles. The topological polar surface area (TPSA) is 52.3 Å². The van der Waals surface area contributed by atoms with Crippen molar-refractivity contribution in [3.8, 4) is 0 Å². The van der Waals surface area contributed by atoms with Gasteiger partial charge in [-0.2, -0.15) is 0 Å². The largest absolute Gasteiger partial charge is 0.461 e. The summed E-state index contributed by atoms with van der Waals surface area (Å²) in [6.07, 6.45) is 8.14. The second-order valence-electron chi connectivity index (χ2n) is 3.44. The van der Waals surface area contributed by atoms with E-state index in [4.69, 9.17) is 9.26 Å². The highest BCUT2D eigenvalue weighted by Crippen LogP contribution is 2.22. The van der Waals surface area contributed by atoms with Gasteiger partial charge in [0, 0.05) is 11.6 Å². The van der Waals surface area contributed by atoms with Crippen LogP contribution in [0.2, 0.25) is 0 Å². The Balaban J connectivity index is 2.16. The molecule has 0 aromatic carbocycles. The van der Waals surface area contributed by atoms with E-state index in [2.05, 4.69) is 17.3 Å². The van der Waals surface area contributed by atoms with Gasteiger partial charge in [-0.1, -0.05) is 23.4 Å². The second kappa shape index (κ2) is 4.79. The molecule has 0 saturated heterocycles. The third-order valence-electron chi connectivity index (χ3n) is 2.27. The van der Waals surface area contributed by atoms with Crippen molar-refractivity contribution in [2.45, 2.75) is 19.8 Å². The third-order valence-corrected chi connectivity index (χ3v) is 2.27. The predicted molar refractivity (Wildman–Crippen MR) is 58.8 cm³/mol. The smallest absolute Gasteiger partial charge is 0.360 e. The number of nitrogens with zero attached hydrogens (tertiary/aromatic N) is 1. The van der Waals surface area contributed by atoms with Gasteiger partial charge in [0.2, 0.25) is 0 Å². The van der Waals surface area contributed by atoms with E-state index in [1.54, 1.807) is 13.0 Å². The molecule has 1 aromatic heterocycles. The van der Waals surface area contributed by atoms with Gasteiger partial charge in [-0.15, -0.1) is 0 Å². The van der Waals surface area contributed by atoms with Crippen LogP contribution in [-0.2, 0) is 4.74 Å². The Morgan fingerprint density at radius 2 is 2.44 bits per heavy atom. The lowest BCUT2D eigenvalue weighted by atomic mass is 10.1. The molecule has 0 atom stereocenters. The quantitative estimate of drug-likeness (QED) is 0.733. The van der Waals surface area contributed by atoms with Crippen LogP contribution in [0, 0.1) is 0 Å². The minimum Gasteiger partial charge on any atom is -0.461 e. The molecular weight excluding hydrogens is 206 g/mol. The molecule has 0 N–H and O–H groups in total. The number of hydrogen-bond acceptors (Lipinski definition) is 4. The number of ether oxygens (including phenoxy) is 1. The molecular formula is C12H13NO3. The monoisotopic (exact) mass is 219 g/mol. The van der Waals surface area contributed by atoms with Crippen LogP contribution in [0.3, 0.4) is 0 Å². The number of carbonyl (C=O) groups excluding carboxylic acids is 1. The van der Waals surface area contributed by atoms with E-state index in [-0.39, 0.29) is 5.69 Å². The molecule has 0 spiro atoms. The maximum atomic E-state index is 11.4. The van der Waals surface area contributed by atoms with Gasteiger partial charge in [0.1, 0.15) is 0 Å². The number of rotatable bonds is 3. The summed E-state index contributed by atoms with van der Waals surface area (Å²) in [6.45, 7) is 2.09. The summed E-state index contributed by atoms with van der Waals surface area (Å²) in [5.74, 6) is 0.164. The van der Waals surface area contributed by atoms with E-state index >= 15 is 0 Å². The molecule has 0 bridgehead atoms. The van der Waals surface area contributed by atoms with Crippen LogP contribution in [0.15, 0.2) is 28.8 Å². The number of carbonyl (C=O) groups is 1. The van der Waals surface area contributed by atoms with Crippen molar-refractivity contribution in [1.82, 2.24) is 5.16 Å². The van der Waals surface area contributed by atoms with Crippen molar-refractivity contribution in [2.75, 3.05) is 6.61 Å². The summed E-state index contributed by atoms with van der Waals surface area (Å²) >= 11 is 0. The summed E-state index contributed by atoms with van der Waals surface area (Å²) in [4.78, 5) is 11.4. The molecule has 1 heterocycles. The molecule has 1 aromatic rings. The lowest BCUT2D eigenvalue weighted by molar-refractivity contribution is 0.0514. The van der Waals surface area contributed by atoms with Crippen LogP contribution >= 0.6 is 0 Å². The molecule has 0 unspecified atom stereocenters. The highest BCUT2D eigenvalue weighted by molar-refractivity contribution is 5.88. The SMILES string of the molecule is CCOC(=O)c1cc(C2=CCCC=C2)on1. The molecule has 4 heteroatoms. The Bertz CT molecular complexity index is 443. The van der Waals surface area contributed by atoms with Gasteiger partial charge in [0.15, 0.2) is 11.5 Å². The zero-order chi connectivity index (χ0) is 11.4. The van der Waals surface area contributed by atoms with Gasteiger partial charge in [-0.05, 0) is 19.8 Å². The Kier molecular flexibility index (Phi) is 3.19. The Labute approximate surface area is 93.6 Å². The number of hydrogen-bond donors (Lipinski definition) is 0. The fraction of sp³-hybridized carbons (Fsp3) is 0.333. The minimum absolute atomic E-state index is 0.219. The van der Waals surface area contributed by atoms with Crippen LogP contribution in [0.5, 0.6) is 0 Å². The minimum atomic E-state index is -0.446. The Morgan fingerprint density at radius 1 is 1.56 bits per heavy atom. The van der Waals surface area contributed by atoms with Crippen LogP contribution in [0.25, 0.3) is 5.57 Å². The molecule has 0 amide bonds. The van der Waals surface area contributed by atoms with Crippen LogP contribution < -0.4 is 0 Å². The van der Waals surface area contributed by atoms with E-state index in [0.29, 0.717) is 12.4 Å². The van der Waals surface area contributed by atoms with Crippen LogP contribution in [-0.4, -0.2) is 17.7 Å². The molecule has 0 aliphatic heterocycles. The first-order chi connectivity index (χ1) is 7.81. The first kappa shape index (κ1) is 10.7. The summed E-state index contributed by atoms with van der Waals surface area (Å²) in [6, 6.07) is 1.61. The molecule has 4 nitrogen and oxygen atoms in total. The molecule has 1 aliphatic carbocycles.